The maximum atomic E-state index is 11.2. The van der Waals surface area contributed by atoms with E-state index in [1.165, 1.54) is 0 Å². The molecule has 0 aliphatic carbocycles. The van der Waals surface area contributed by atoms with Crippen molar-refractivity contribution in [3.8, 4) is 0 Å². The second-order valence-electron chi connectivity index (χ2n) is 9.51. The van der Waals surface area contributed by atoms with Gasteiger partial charge in [-0.3, -0.25) is 4.57 Å². The molecule has 2 atom stereocenters. The molecule has 1 aliphatic heterocycles. The highest BCUT2D eigenvalue weighted by atomic mass is 79.9. The number of carboxylic acid groups (broad SMARTS) is 1. The second kappa shape index (κ2) is 12.0. The maximum Gasteiger partial charge on any atom is 0.404 e. The molecular weight excluding hydrogens is 524 g/mol. The van der Waals surface area contributed by atoms with Crippen LogP contribution in [0.25, 0.3) is 11.0 Å². The van der Waals surface area contributed by atoms with Crippen molar-refractivity contribution in [2.24, 2.45) is 5.92 Å². The first-order valence-electron chi connectivity index (χ1n) is 12.5. The van der Waals surface area contributed by atoms with E-state index in [1.54, 1.807) is 0 Å². The number of imidazole rings is 1. The number of piperidine rings is 1. The van der Waals surface area contributed by atoms with Gasteiger partial charge in [0.1, 0.15) is 4.60 Å². The lowest BCUT2D eigenvalue weighted by atomic mass is 10.0. The van der Waals surface area contributed by atoms with Gasteiger partial charge in [0.15, 0.2) is 6.23 Å². The highest BCUT2D eigenvalue weighted by molar-refractivity contribution is 9.10. The molecule has 1 aliphatic rings. The number of hydrogen-bond acceptors (Lipinski definition) is 6. The number of pyridine rings is 1. The van der Waals surface area contributed by atoms with Crippen LogP contribution < -0.4 is 10.6 Å². The summed E-state index contributed by atoms with van der Waals surface area (Å²) in [6, 6.07) is 14.1. The van der Waals surface area contributed by atoms with Crippen LogP contribution in [0.1, 0.15) is 45.5 Å². The lowest BCUT2D eigenvalue weighted by Crippen LogP contribution is -2.49. The topological polar surface area (TPSA) is 105 Å². The van der Waals surface area contributed by atoms with E-state index in [-0.39, 0.29) is 18.0 Å². The van der Waals surface area contributed by atoms with Gasteiger partial charge in [0.2, 0.25) is 5.95 Å². The van der Waals surface area contributed by atoms with Gasteiger partial charge in [0.05, 0.1) is 16.7 Å². The first-order chi connectivity index (χ1) is 17.4. The van der Waals surface area contributed by atoms with Crippen LogP contribution >= 0.6 is 15.9 Å². The summed E-state index contributed by atoms with van der Waals surface area (Å²) in [6.07, 6.45) is 0.495. The molecule has 194 valence electrons. The summed E-state index contributed by atoms with van der Waals surface area (Å²) < 4.78 is 9.08. The minimum atomic E-state index is -0.965. The molecule has 9 nitrogen and oxygen atoms in total. The fourth-order valence-electron chi connectivity index (χ4n) is 4.70. The molecule has 3 aromatic rings. The highest BCUT2D eigenvalue weighted by Gasteiger charge is 2.27. The molecule has 0 bridgehead atoms. The minimum Gasteiger partial charge on any atom is -0.465 e. The Hall–Kier alpha value is -2.69. The molecule has 0 radical (unpaired) electrons. The number of nitrogens with zero attached hydrogens (tertiary/aromatic N) is 4. The number of nitrogens with one attached hydrogen (secondary N) is 2. The highest BCUT2D eigenvalue weighted by Crippen LogP contribution is 2.31. The van der Waals surface area contributed by atoms with E-state index < -0.39 is 12.3 Å². The van der Waals surface area contributed by atoms with Gasteiger partial charge in [-0.15, -0.1) is 0 Å². The predicted octanol–water partition coefficient (Wildman–Crippen LogP) is 4.95. The summed E-state index contributed by atoms with van der Waals surface area (Å²) in [5.41, 5.74) is 2.69. The molecule has 1 aromatic carbocycles. The molecular formula is C26H35BrN6O3. The Morgan fingerprint density at radius 2 is 1.92 bits per heavy atom. The van der Waals surface area contributed by atoms with Crippen LogP contribution in [0.3, 0.4) is 0 Å². The summed E-state index contributed by atoms with van der Waals surface area (Å²) in [4.78, 5) is 23.1. The van der Waals surface area contributed by atoms with Crippen molar-refractivity contribution in [3.63, 3.8) is 0 Å². The average molecular weight is 560 g/mol. The molecule has 2 aromatic heterocycles. The fourth-order valence-corrected chi connectivity index (χ4v) is 5.05. The molecule has 2 unspecified atom stereocenters. The van der Waals surface area contributed by atoms with Gasteiger partial charge in [0.25, 0.3) is 0 Å². The van der Waals surface area contributed by atoms with Gasteiger partial charge in [-0.1, -0.05) is 32.0 Å². The lowest BCUT2D eigenvalue weighted by Gasteiger charge is -2.35. The molecule has 3 heterocycles. The van der Waals surface area contributed by atoms with Crippen molar-refractivity contribution < 1.29 is 14.6 Å². The zero-order valence-corrected chi connectivity index (χ0v) is 22.6. The Bertz CT molecular complexity index is 1160. The predicted molar refractivity (Wildman–Crippen MR) is 144 cm³/mol. The van der Waals surface area contributed by atoms with E-state index in [9.17, 15) is 4.79 Å². The standard InChI is InChI=1S/C26H35BrN6O3/c1-4-36-24(20-9-7-11-23(27)29-20)33-22-10-6-5-8-19(22)30-25(33)28-18-12-14-32(15-13-18)16-21(17(2)3)31-26(34)35/h5-11,17-18,21,24,31H,4,12-16H2,1-3H3,(H,28,30)(H,34,35). The van der Waals surface area contributed by atoms with Gasteiger partial charge in [0, 0.05) is 38.3 Å². The molecule has 10 heteroatoms. The van der Waals surface area contributed by atoms with Gasteiger partial charge >= 0.3 is 6.09 Å². The van der Waals surface area contributed by atoms with Crippen molar-refractivity contribution >= 4 is 39.0 Å². The number of aromatic nitrogens is 3. The number of likely N-dealkylation sites (tertiary alicyclic amines) is 1. The molecule has 1 saturated heterocycles. The van der Waals surface area contributed by atoms with E-state index in [1.807, 2.05) is 57.2 Å². The van der Waals surface area contributed by atoms with Crippen LogP contribution in [-0.2, 0) is 4.74 Å². The third-order valence-corrected chi connectivity index (χ3v) is 7.08. The van der Waals surface area contributed by atoms with Crippen molar-refractivity contribution in [1.29, 1.82) is 0 Å². The molecule has 3 N–H and O–H groups in total. The monoisotopic (exact) mass is 558 g/mol. The zero-order chi connectivity index (χ0) is 25.7. The summed E-state index contributed by atoms with van der Waals surface area (Å²) in [6.45, 7) is 9.12. The van der Waals surface area contributed by atoms with Crippen molar-refractivity contribution in [2.75, 3.05) is 31.6 Å². The molecule has 0 spiro atoms. The molecule has 1 amide bonds. The molecule has 36 heavy (non-hydrogen) atoms. The molecule has 1 fully saturated rings. The molecule has 4 rings (SSSR count). The van der Waals surface area contributed by atoms with Crippen LogP contribution in [0.5, 0.6) is 0 Å². The average Bonchev–Trinajstić information content (AvgIpc) is 3.20. The van der Waals surface area contributed by atoms with Crippen LogP contribution in [0.15, 0.2) is 47.1 Å². The first-order valence-corrected chi connectivity index (χ1v) is 13.3. The number of amides is 1. The number of anilines is 1. The summed E-state index contributed by atoms with van der Waals surface area (Å²) >= 11 is 3.49. The Labute approximate surface area is 220 Å². The van der Waals surface area contributed by atoms with Gasteiger partial charge in [-0.05, 0) is 65.9 Å². The fraction of sp³-hybridized carbons (Fsp3) is 0.500. The Morgan fingerprint density at radius 1 is 1.17 bits per heavy atom. The van der Waals surface area contributed by atoms with Gasteiger partial charge in [-0.25, -0.2) is 14.8 Å². The first kappa shape index (κ1) is 26.4. The number of hydrogen-bond donors (Lipinski definition) is 3. The molecule has 0 saturated carbocycles. The Kier molecular flexibility index (Phi) is 8.81. The Balaban J connectivity index is 1.53. The van der Waals surface area contributed by atoms with Crippen molar-refractivity contribution in [1.82, 2.24) is 24.8 Å². The summed E-state index contributed by atoms with van der Waals surface area (Å²) in [7, 11) is 0. The number of benzene rings is 1. The van der Waals surface area contributed by atoms with E-state index in [0.717, 1.165) is 59.8 Å². The van der Waals surface area contributed by atoms with E-state index in [4.69, 9.17) is 14.8 Å². The lowest BCUT2D eigenvalue weighted by molar-refractivity contribution is 0.0419. The van der Waals surface area contributed by atoms with Crippen molar-refractivity contribution in [2.45, 2.75) is 51.9 Å². The number of halogens is 1. The largest absolute Gasteiger partial charge is 0.465 e. The number of fused-ring (bicyclic) bond motifs is 1. The zero-order valence-electron chi connectivity index (χ0n) is 21.0. The van der Waals surface area contributed by atoms with Crippen LogP contribution in [-0.4, -0.2) is 69.0 Å². The van der Waals surface area contributed by atoms with Crippen LogP contribution in [0.2, 0.25) is 0 Å². The summed E-state index contributed by atoms with van der Waals surface area (Å²) in [5.74, 6) is 1.00. The van der Waals surface area contributed by atoms with E-state index in [2.05, 4.69) is 47.1 Å². The quantitative estimate of drug-likeness (QED) is 0.302. The number of carbonyl (C=O) groups is 1. The maximum absolute atomic E-state index is 11.2. The minimum absolute atomic E-state index is 0.0825. The third-order valence-electron chi connectivity index (χ3n) is 6.63. The second-order valence-corrected chi connectivity index (χ2v) is 10.3. The van der Waals surface area contributed by atoms with Crippen LogP contribution in [0.4, 0.5) is 10.7 Å². The third kappa shape index (κ3) is 6.35. The van der Waals surface area contributed by atoms with Crippen LogP contribution in [0, 0.1) is 5.92 Å². The Morgan fingerprint density at radius 3 is 2.58 bits per heavy atom. The number of para-hydroxylation sites is 2. The van der Waals surface area contributed by atoms with E-state index in [0.29, 0.717) is 6.61 Å². The number of rotatable bonds is 10. The summed E-state index contributed by atoms with van der Waals surface area (Å²) in [5, 5.41) is 15.5. The van der Waals surface area contributed by atoms with Crippen molar-refractivity contribution in [3.05, 3.63) is 52.8 Å². The number of ether oxygens (including phenoxy) is 1. The van der Waals surface area contributed by atoms with Gasteiger partial charge in [-0.2, -0.15) is 0 Å². The normalized spacial score (nSPS) is 16.8. The SMILES string of the molecule is CCOC(c1cccc(Br)n1)n1c(NC2CCN(CC(NC(=O)O)C(C)C)CC2)nc2ccccc21. The van der Waals surface area contributed by atoms with E-state index >= 15 is 0 Å². The smallest absolute Gasteiger partial charge is 0.404 e. The van der Waals surface area contributed by atoms with Gasteiger partial charge < -0.3 is 25.4 Å².